The Balaban J connectivity index is 1.78. The van der Waals surface area contributed by atoms with Crippen molar-refractivity contribution in [3.63, 3.8) is 0 Å². The number of sulfone groups is 1. The number of fused-ring (bicyclic) bond motifs is 1. The zero-order chi connectivity index (χ0) is 19.8. The number of thiophene rings is 1. The smallest absolute Gasteiger partial charge is 0.314 e. The number of aromatic nitrogens is 2. The predicted molar refractivity (Wildman–Crippen MR) is 102 cm³/mol. The molecular weight excluding hydrogens is 391 g/mol. The summed E-state index contributed by atoms with van der Waals surface area (Å²) in [6, 6.07) is 5.98. The van der Waals surface area contributed by atoms with E-state index in [1.807, 2.05) is 13.8 Å². The van der Waals surface area contributed by atoms with Crippen LogP contribution in [-0.4, -0.2) is 30.5 Å². The Morgan fingerprint density at radius 2 is 1.89 bits per heavy atom. The number of amides is 1. The molecule has 2 heterocycles. The number of halogens is 1. The first kappa shape index (κ1) is 19.3. The summed E-state index contributed by atoms with van der Waals surface area (Å²) in [7, 11) is -4.85. The number of benzene rings is 1. The molecule has 1 unspecified atom stereocenters. The van der Waals surface area contributed by atoms with E-state index in [0.29, 0.717) is 15.3 Å². The Kier molecular flexibility index (Phi) is 5.22. The maximum atomic E-state index is 12.5. The van der Waals surface area contributed by atoms with Gasteiger partial charge in [0.1, 0.15) is 10.7 Å². The summed E-state index contributed by atoms with van der Waals surface area (Å²) in [4.78, 5) is 13.4. The Labute approximate surface area is 158 Å². The fraction of sp³-hybridized carbons (Fsp3) is 0.235. The summed E-state index contributed by atoms with van der Waals surface area (Å²) in [5, 5.41) is 17.9. The van der Waals surface area contributed by atoms with Gasteiger partial charge in [0.2, 0.25) is 9.84 Å². The third-order valence-corrected chi connectivity index (χ3v) is 7.06. The van der Waals surface area contributed by atoms with Crippen molar-refractivity contribution in [1.29, 1.82) is 0 Å². The van der Waals surface area contributed by atoms with E-state index >= 15 is 0 Å². The largest absolute Gasteiger partial charge is 0.344 e. The molecule has 142 valence electrons. The van der Waals surface area contributed by atoms with E-state index in [4.69, 9.17) is 5.14 Å². The van der Waals surface area contributed by atoms with Crippen LogP contribution in [0.25, 0.3) is 10.2 Å². The van der Waals surface area contributed by atoms with Crippen molar-refractivity contribution >= 4 is 36.6 Å². The first-order valence-corrected chi connectivity index (χ1v) is 10.9. The van der Waals surface area contributed by atoms with Crippen LogP contribution in [0.5, 0.6) is 0 Å². The van der Waals surface area contributed by atoms with Crippen molar-refractivity contribution in [2.75, 3.05) is 11.1 Å². The van der Waals surface area contributed by atoms with Crippen LogP contribution in [0.1, 0.15) is 26.5 Å². The monoisotopic (exact) mass is 409 g/mol. The van der Waals surface area contributed by atoms with Gasteiger partial charge in [-0.3, -0.25) is 4.79 Å². The van der Waals surface area contributed by atoms with Crippen LogP contribution in [0, 0.1) is 13.8 Å². The van der Waals surface area contributed by atoms with Gasteiger partial charge in [-0.1, -0.05) is 17.2 Å². The molecule has 0 bridgehead atoms. The van der Waals surface area contributed by atoms with Gasteiger partial charge in [0.25, 0.3) is 4.88 Å². The van der Waals surface area contributed by atoms with Crippen molar-refractivity contribution in [2.24, 2.45) is 0 Å². The summed E-state index contributed by atoms with van der Waals surface area (Å²) in [5.74, 6) is -0.323. The molecule has 0 radical (unpaired) electrons. The molecular formula is C17H18FN4O3S2+. The van der Waals surface area contributed by atoms with E-state index in [1.165, 1.54) is 24.3 Å². The molecule has 27 heavy (non-hydrogen) atoms. The van der Waals surface area contributed by atoms with Crippen LogP contribution in [0.15, 0.2) is 35.2 Å². The first-order valence-electron chi connectivity index (χ1n) is 7.94. The molecule has 1 atom stereocenters. The van der Waals surface area contributed by atoms with Crippen molar-refractivity contribution in [2.45, 2.75) is 25.3 Å². The van der Waals surface area contributed by atoms with Gasteiger partial charge in [-0.05, 0) is 37.1 Å². The number of nitrogen functional groups attached to an aromatic ring is 1. The van der Waals surface area contributed by atoms with E-state index in [0.717, 1.165) is 16.6 Å². The summed E-state index contributed by atoms with van der Waals surface area (Å²) in [5.41, 5.74) is 2.41. The summed E-state index contributed by atoms with van der Waals surface area (Å²) in [6.45, 7) is 3.93. The molecule has 7 nitrogen and oxygen atoms in total. The minimum atomic E-state index is -3.90. The van der Waals surface area contributed by atoms with Gasteiger partial charge in [-0.2, -0.15) is 5.10 Å². The molecule has 0 fully saturated rings. The van der Waals surface area contributed by atoms with Gasteiger partial charge in [-0.25, -0.2) is 12.8 Å². The van der Waals surface area contributed by atoms with Gasteiger partial charge in [0.05, 0.1) is 16.0 Å². The highest BCUT2D eigenvalue weighted by molar-refractivity contribution is 7.91. The molecule has 0 saturated carbocycles. The van der Waals surface area contributed by atoms with Crippen molar-refractivity contribution in [3.05, 3.63) is 52.0 Å². The maximum Gasteiger partial charge on any atom is 0.314 e. The Morgan fingerprint density at radius 3 is 2.52 bits per heavy atom. The molecule has 0 aliphatic carbocycles. The predicted octanol–water partition coefficient (Wildman–Crippen LogP) is 2.34. The van der Waals surface area contributed by atoms with Crippen LogP contribution in [0.2, 0.25) is 0 Å². The van der Waals surface area contributed by atoms with E-state index in [9.17, 15) is 17.6 Å². The third kappa shape index (κ3) is 3.68. The number of carbonyl (C=O) groups excluding carboxylic acids is 1. The molecule has 0 aliphatic heterocycles. The molecule has 1 aromatic carbocycles. The van der Waals surface area contributed by atoms with Crippen LogP contribution in [-0.2, 0) is 16.4 Å². The topological polar surface area (TPSA) is 115 Å². The zero-order valence-electron chi connectivity index (χ0n) is 14.7. The van der Waals surface area contributed by atoms with Gasteiger partial charge < -0.3 is 5.32 Å². The van der Waals surface area contributed by atoms with Gasteiger partial charge in [0.15, 0.2) is 6.01 Å². The maximum absolute atomic E-state index is 12.5. The average molecular weight is 409 g/mol. The van der Waals surface area contributed by atoms with E-state index in [2.05, 4.69) is 15.5 Å². The van der Waals surface area contributed by atoms with E-state index in [1.54, 1.807) is 6.07 Å². The van der Waals surface area contributed by atoms with Gasteiger partial charge in [0, 0.05) is 12.6 Å². The number of hydrogen-bond acceptors (Lipinski definition) is 6. The average Bonchev–Trinajstić information content (AvgIpc) is 3.00. The van der Waals surface area contributed by atoms with Crippen LogP contribution < -0.4 is 10.5 Å². The second-order valence-electron chi connectivity index (χ2n) is 6.03. The van der Waals surface area contributed by atoms with Crippen molar-refractivity contribution in [3.8, 4) is 0 Å². The lowest BCUT2D eigenvalue weighted by Gasteiger charge is -2.04. The normalized spacial score (nSPS) is 12.4. The lowest BCUT2D eigenvalue weighted by atomic mass is 10.2. The molecule has 0 spiro atoms. The number of rotatable bonds is 5. The number of alkyl halides is 1. The number of nitrogens with zero attached hydrogens (tertiary/aromatic N) is 2. The number of carbonyl (C=O) groups is 1. The minimum Gasteiger partial charge on any atom is -0.344 e. The SMILES string of the molecule is Cc1nnc2c(cc(C(=O)NCc3ccc(S(=O)(=O)CF)cc3)[s+]2N)c1C. The van der Waals surface area contributed by atoms with E-state index in [-0.39, 0.29) is 17.3 Å². The Hall–Kier alpha value is -2.43. The lowest BCUT2D eigenvalue weighted by Crippen LogP contribution is -2.22. The molecule has 10 heteroatoms. The number of nitrogens with one attached hydrogen (secondary N) is 1. The molecule has 3 rings (SSSR count). The minimum absolute atomic E-state index is 0.0954. The fourth-order valence-corrected chi connectivity index (χ4v) is 4.53. The van der Waals surface area contributed by atoms with E-state index < -0.39 is 26.5 Å². The highest BCUT2D eigenvalue weighted by atomic mass is 32.2. The number of aryl methyl sites for hydroxylation is 2. The Morgan fingerprint density at radius 1 is 1.22 bits per heavy atom. The summed E-state index contributed by atoms with van der Waals surface area (Å²) in [6.07, 6.45) is 0. The third-order valence-electron chi connectivity index (χ3n) is 4.29. The van der Waals surface area contributed by atoms with Gasteiger partial charge in [-0.15, -0.1) is 5.14 Å². The van der Waals surface area contributed by atoms with Crippen molar-refractivity contribution in [1.82, 2.24) is 15.5 Å². The summed E-state index contributed by atoms with van der Waals surface area (Å²) < 4.78 is 35.5. The number of hydrogen-bond donors (Lipinski definition) is 2. The quantitative estimate of drug-likeness (QED) is 0.625. The lowest BCUT2D eigenvalue weighted by molar-refractivity contribution is 0.0955. The second-order valence-corrected chi connectivity index (χ2v) is 9.45. The number of nitrogens with two attached hydrogens (primary N) is 1. The molecule has 0 aliphatic rings. The van der Waals surface area contributed by atoms with Gasteiger partial charge >= 0.3 is 10.7 Å². The molecule has 3 aromatic rings. The first-order chi connectivity index (χ1) is 12.7. The standard InChI is InChI=1S/C17H17FN4O3S2/c1-10-11(2)21-22-17-14(10)7-15(26(17)19)16(23)20-8-12-3-5-13(6-4-12)27(24,25)9-18/h3-7H,8-9,19H2,1-2H3/p+1. The molecule has 0 saturated heterocycles. The van der Waals surface area contributed by atoms with Crippen LogP contribution in [0.3, 0.4) is 0 Å². The molecule has 2 aromatic heterocycles. The highest BCUT2D eigenvalue weighted by Crippen LogP contribution is 2.32. The van der Waals surface area contributed by atoms with Crippen LogP contribution >= 0.6 is 10.7 Å². The molecule has 3 N–H and O–H groups in total. The highest BCUT2D eigenvalue weighted by Gasteiger charge is 2.27. The zero-order valence-corrected chi connectivity index (χ0v) is 16.3. The Bertz CT molecular complexity index is 1130. The molecule has 1 amide bonds. The summed E-state index contributed by atoms with van der Waals surface area (Å²) >= 11 is 0. The second kappa shape index (κ2) is 7.29. The van der Waals surface area contributed by atoms with Crippen LogP contribution in [0.4, 0.5) is 4.39 Å². The van der Waals surface area contributed by atoms with Crippen molar-refractivity contribution < 1.29 is 17.6 Å². The fourth-order valence-electron chi connectivity index (χ4n) is 2.55.